The van der Waals surface area contributed by atoms with Crippen molar-refractivity contribution in [2.24, 2.45) is 0 Å². The molecule has 0 fully saturated rings. The molecule has 0 unspecified atom stereocenters. The first-order valence-electron chi connectivity index (χ1n) is 7.57. The lowest BCUT2D eigenvalue weighted by Crippen LogP contribution is -2.47. The van der Waals surface area contributed by atoms with Gasteiger partial charge in [-0.15, -0.1) is 0 Å². The molecule has 23 heavy (non-hydrogen) atoms. The number of benzene rings is 2. The number of hydrogen-bond acceptors (Lipinski definition) is 4. The maximum absolute atomic E-state index is 12.0. The molecular weight excluding hydrogens is 292 g/mol. The Kier molecular flexibility index (Phi) is 4.37. The summed E-state index contributed by atoms with van der Waals surface area (Å²) in [7, 11) is 3.29. The predicted molar refractivity (Wildman–Crippen MR) is 89.0 cm³/mol. The van der Waals surface area contributed by atoms with Crippen molar-refractivity contribution in [1.29, 1.82) is 0 Å². The smallest absolute Gasteiger partial charge is 0.262 e. The van der Waals surface area contributed by atoms with Crippen molar-refractivity contribution in [3.63, 3.8) is 0 Å². The largest absolute Gasteiger partial charge is 0.496 e. The summed E-state index contributed by atoms with van der Waals surface area (Å²) in [6.07, 6.45) is -0.524. The Morgan fingerprint density at radius 1 is 1.26 bits per heavy atom. The number of rotatable bonds is 4. The van der Waals surface area contributed by atoms with Gasteiger partial charge >= 0.3 is 0 Å². The number of fused-ring (bicyclic) bond motifs is 1. The van der Waals surface area contributed by atoms with E-state index in [2.05, 4.69) is 10.2 Å². The molecule has 1 amide bonds. The number of para-hydroxylation sites is 3. The minimum Gasteiger partial charge on any atom is -0.496 e. The molecule has 1 aliphatic rings. The van der Waals surface area contributed by atoms with Gasteiger partial charge in [-0.05, 0) is 18.2 Å². The van der Waals surface area contributed by atoms with E-state index in [0.29, 0.717) is 13.1 Å². The number of nitrogens with zero attached hydrogens (tertiary/aromatic N) is 1. The molecule has 120 valence electrons. The molecule has 0 radical (unpaired) electrons. The zero-order chi connectivity index (χ0) is 16.2. The number of hydrogen-bond donors (Lipinski definition) is 1. The lowest BCUT2D eigenvalue weighted by atomic mass is 10.1. The molecule has 1 N–H and O–H groups in total. The highest BCUT2D eigenvalue weighted by molar-refractivity contribution is 5.83. The first-order chi connectivity index (χ1) is 11.2. The van der Waals surface area contributed by atoms with Crippen LogP contribution in [0.15, 0.2) is 48.5 Å². The quantitative estimate of drug-likeness (QED) is 0.940. The molecule has 5 nitrogen and oxygen atoms in total. The summed E-state index contributed by atoms with van der Waals surface area (Å²) in [6, 6.07) is 15.7. The number of amides is 1. The minimum absolute atomic E-state index is 0.121. The SMILES string of the molecule is CNC(=O)[C@H]1CN(Cc2ccccc2OC)c2ccccc2O1. The second kappa shape index (κ2) is 6.60. The van der Waals surface area contributed by atoms with E-state index in [1.807, 2.05) is 48.5 Å². The van der Waals surface area contributed by atoms with Gasteiger partial charge in [0.2, 0.25) is 0 Å². The van der Waals surface area contributed by atoms with E-state index in [1.54, 1.807) is 14.2 Å². The molecule has 3 rings (SSSR count). The van der Waals surface area contributed by atoms with Crippen molar-refractivity contribution < 1.29 is 14.3 Å². The van der Waals surface area contributed by atoms with Crippen molar-refractivity contribution in [2.45, 2.75) is 12.6 Å². The molecule has 1 aliphatic heterocycles. The van der Waals surface area contributed by atoms with Gasteiger partial charge in [0.05, 0.1) is 19.3 Å². The first kappa shape index (κ1) is 15.2. The highest BCUT2D eigenvalue weighted by Gasteiger charge is 2.30. The summed E-state index contributed by atoms with van der Waals surface area (Å²) in [5.74, 6) is 1.44. The van der Waals surface area contributed by atoms with Gasteiger partial charge in [-0.2, -0.15) is 0 Å². The highest BCUT2D eigenvalue weighted by atomic mass is 16.5. The van der Waals surface area contributed by atoms with Crippen LogP contribution < -0.4 is 19.7 Å². The van der Waals surface area contributed by atoms with Crippen LogP contribution in [0.1, 0.15) is 5.56 Å². The van der Waals surface area contributed by atoms with E-state index in [1.165, 1.54) is 0 Å². The standard InChI is InChI=1S/C18H20N2O3/c1-19-18(21)17-12-20(14-8-4-6-10-16(14)23-17)11-13-7-3-5-9-15(13)22-2/h3-10,17H,11-12H2,1-2H3,(H,19,21)/t17-/m1/s1. The fourth-order valence-corrected chi connectivity index (χ4v) is 2.79. The second-order valence-electron chi connectivity index (χ2n) is 5.38. The molecule has 0 spiro atoms. The Bertz CT molecular complexity index is 702. The van der Waals surface area contributed by atoms with E-state index in [0.717, 1.165) is 22.7 Å². The Labute approximate surface area is 135 Å². The maximum Gasteiger partial charge on any atom is 0.262 e. The number of anilines is 1. The summed E-state index contributed by atoms with van der Waals surface area (Å²) in [6.45, 7) is 1.15. The van der Waals surface area contributed by atoms with E-state index < -0.39 is 6.10 Å². The fraction of sp³-hybridized carbons (Fsp3) is 0.278. The van der Waals surface area contributed by atoms with Gasteiger partial charge in [0, 0.05) is 19.2 Å². The van der Waals surface area contributed by atoms with Crippen molar-refractivity contribution in [2.75, 3.05) is 25.6 Å². The number of carbonyl (C=O) groups is 1. The van der Waals surface area contributed by atoms with E-state index >= 15 is 0 Å². The van der Waals surface area contributed by atoms with Crippen LogP contribution >= 0.6 is 0 Å². The van der Waals surface area contributed by atoms with Crippen LogP contribution in [-0.4, -0.2) is 32.7 Å². The topological polar surface area (TPSA) is 50.8 Å². The van der Waals surface area contributed by atoms with Gasteiger partial charge < -0.3 is 19.7 Å². The van der Waals surface area contributed by atoms with Gasteiger partial charge in [-0.3, -0.25) is 4.79 Å². The van der Waals surface area contributed by atoms with Crippen molar-refractivity contribution in [3.8, 4) is 11.5 Å². The van der Waals surface area contributed by atoms with Gasteiger partial charge in [0.15, 0.2) is 6.10 Å². The number of likely N-dealkylation sites (N-methyl/N-ethyl adjacent to an activating group) is 1. The number of methoxy groups -OCH3 is 1. The Morgan fingerprint density at radius 3 is 2.78 bits per heavy atom. The fourth-order valence-electron chi connectivity index (χ4n) is 2.79. The molecule has 0 saturated carbocycles. The zero-order valence-electron chi connectivity index (χ0n) is 13.3. The predicted octanol–water partition coefficient (Wildman–Crippen LogP) is 2.21. The Morgan fingerprint density at radius 2 is 2.00 bits per heavy atom. The van der Waals surface area contributed by atoms with Gasteiger partial charge in [0.1, 0.15) is 11.5 Å². The molecule has 0 saturated heterocycles. The lowest BCUT2D eigenvalue weighted by Gasteiger charge is -2.35. The lowest BCUT2D eigenvalue weighted by molar-refractivity contribution is -0.127. The summed E-state index contributed by atoms with van der Waals surface area (Å²) < 4.78 is 11.3. The normalized spacial score (nSPS) is 16.3. The third kappa shape index (κ3) is 3.08. The summed E-state index contributed by atoms with van der Waals surface area (Å²) >= 11 is 0. The Balaban J connectivity index is 1.92. The van der Waals surface area contributed by atoms with Gasteiger partial charge in [0.25, 0.3) is 5.91 Å². The van der Waals surface area contributed by atoms with Gasteiger partial charge in [-0.1, -0.05) is 30.3 Å². The van der Waals surface area contributed by atoms with Crippen LogP contribution in [0.4, 0.5) is 5.69 Å². The molecule has 1 atom stereocenters. The average Bonchev–Trinajstić information content (AvgIpc) is 2.61. The third-order valence-corrected chi connectivity index (χ3v) is 3.95. The van der Waals surface area contributed by atoms with E-state index in [9.17, 15) is 4.79 Å². The Hall–Kier alpha value is -2.69. The summed E-state index contributed by atoms with van der Waals surface area (Å²) in [5.41, 5.74) is 2.06. The second-order valence-corrected chi connectivity index (χ2v) is 5.38. The molecule has 2 aromatic carbocycles. The van der Waals surface area contributed by atoms with Gasteiger partial charge in [-0.25, -0.2) is 0 Å². The molecule has 0 aliphatic carbocycles. The van der Waals surface area contributed by atoms with E-state index in [4.69, 9.17) is 9.47 Å². The molecular formula is C18H20N2O3. The van der Waals surface area contributed by atoms with Crippen LogP contribution in [0.25, 0.3) is 0 Å². The van der Waals surface area contributed by atoms with Crippen molar-refractivity contribution >= 4 is 11.6 Å². The monoisotopic (exact) mass is 312 g/mol. The van der Waals surface area contributed by atoms with Crippen LogP contribution in [0.5, 0.6) is 11.5 Å². The third-order valence-electron chi connectivity index (χ3n) is 3.95. The molecule has 0 bridgehead atoms. The number of carbonyl (C=O) groups excluding carboxylic acids is 1. The average molecular weight is 312 g/mol. The minimum atomic E-state index is -0.524. The van der Waals surface area contributed by atoms with E-state index in [-0.39, 0.29) is 5.91 Å². The molecule has 0 aromatic heterocycles. The maximum atomic E-state index is 12.0. The van der Waals surface area contributed by atoms with Crippen molar-refractivity contribution in [3.05, 3.63) is 54.1 Å². The summed E-state index contributed by atoms with van der Waals surface area (Å²) in [5, 5.41) is 2.66. The first-order valence-corrected chi connectivity index (χ1v) is 7.57. The summed E-state index contributed by atoms with van der Waals surface area (Å²) in [4.78, 5) is 14.2. The molecule has 1 heterocycles. The molecule has 2 aromatic rings. The highest BCUT2D eigenvalue weighted by Crippen LogP contribution is 2.35. The van der Waals surface area contributed by atoms with Crippen molar-refractivity contribution in [1.82, 2.24) is 5.32 Å². The van der Waals surface area contributed by atoms with Crippen LogP contribution in [0.3, 0.4) is 0 Å². The van der Waals surface area contributed by atoms with Crippen LogP contribution in [0, 0.1) is 0 Å². The number of nitrogens with one attached hydrogen (secondary N) is 1. The van der Waals surface area contributed by atoms with Crippen LogP contribution in [-0.2, 0) is 11.3 Å². The number of ether oxygens (including phenoxy) is 2. The zero-order valence-corrected chi connectivity index (χ0v) is 13.3. The van der Waals surface area contributed by atoms with Crippen LogP contribution in [0.2, 0.25) is 0 Å². The molecule has 5 heteroatoms.